The predicted octanol–water partition coefficient (Wildman–Crippen LogP) is 3.30. The average Bonchev–Trinajstić information content (AvgIpc) is 3.00. The molecule has 5 nitrogen and oxygen atoms in total. The third kappa shape index (κ3) is 5.40. The van der Waals surface area contributed by atoms with E-state index in [2.05, 4.69) is 10.9 Å². The Labute approximate surface area is 172 Å². The number of carbonyl (C=O) groups is 1. The number of amides is 1. The number of aromatic nitrogens is 1. The molecule has 3 rings (SSSR count). The Kier molecular flexibility index (Phi) is 6.62. The number of hydrogen-bond acceptors (Lipinski definition) is 4. The van der Waals surface area contributed by atoms with E-state index in [0.717, 1.165) is 0 Å². The van der Waals surface area contributed by atoms with E-state index in [0.29, 0.717) is 20.6 Å². The molecule has 3 aromatic rings. The fraction of sp³-hybridized carbons (Fsp3) is 0.238. The number of fused-ring (bicyclic) bond motifs is 1. The minimum absolute atomic E-state index is 0.0131. The third-order valence-corrected chi connectivity index (χ3v) is 6.92. The minimum Gasteiger partial charge on any atom is -0.302 e. The van der Waals surface area contributed by atoms with E-state index in [-0.39, 0.29) is 30.9 Å². The van der Waals surface area contributed by atoms with E-state index in [9.17, 15) is 17.6 Å². The van der Waals surface area contributed by atoms with Crippen LogP contribution in [0.3, 0.4) is 0 Å². The number of sulfone groups is 1. The monoisotopic (exact) mass is 430 g/mol. The van der Waals surface area contributed by atoms with Gasteiger partial charge in [-0.1, -0.05) is 53.7 Å². The summed E-state index contributed by atoms with van der Waals surface area (Å²) >= 11 is 1.17. The van der Waals surface area contributed by atoms with Gasteiger partial charge in [-0.15, -0.1) is 6.42 Å². The molecule has 0 unspecified atom stereocenters. The fourth-order valence-corrected chi connectivity index (χ4v) is 5.41. The van der Waals surface area contributed by atoms with E-state index < -0.39 is 21.6 Å². The van der Waals surface area contributed by atoms with Crippen molar-refractivity contribution < 1.29 is 17.6 Å². The van der Waals surface area contributed by atoms with Gasteiger partial charge in [-0.2, -0.15) is 4.99 Å². The standard InChI is InChI=1S/C21H19FN2O3S2/c1-2-13-24-20-17(22)10-6-11-18(20)28-21(24)23-19(25)12-7-14-29(26,27)15-16-8-4-3-5-9-16/h1,3-6,8-11H,7,12-15H2. The number of nitrogens with zero attached hydrogens (tertiary/aromatic N) is 2. The molecule has 0 aliphatic heterocycles. The first-order valence-electron chi connectivity index (χ1n) is 8.93. The second kappa shape index (κ2) is 9.16. The maximum Gasteiger partial charge on any atom is 0.248 e. The summed E-state index contributed by atoms with van der Waals surface area (Å²) in [5, 5.41) is 0. The Bertz CT molecular complexity index is 1240. The van der Waals surface area contributed by atoms with Crippen molar-refractivity contribution >= 4 is 37.3 Å². The zero-order valence-corrected chi connectivity index (χ0v) is 17.2. The molecule has 0 bridgehead atoms. The van der Waals surface area contributed by atoms with Gasteiger partial charge in [0.1, 0.15) is 5.82 Å². The van der Waals surface area contributed by atoms with E-state index in [1.165, 1.54) is 22.0 Å². The Morgan fingerprint density at radius 1 is 1.17 bits per heavy atom. The van der Waals surface area contributed by atoms with Crippen molar-refractivity contribution in [2.75, 3.05) is 5.75 Å². The number of terminal acetylenes is 1. The predicted molar refractivity (Wildman–Crippen MR) is 112 cm³/mol. The van der Waals surface area contributed by atoms with Gasteiger partial charge in [0, 0.05) is 6.42 Å². The van der Waals surface area contributed by atoms with E-state index in [1.807, 2.05) is 6.07 Å². The maximum absolute atomic E-state index is 14.2. The summed E-state index contributed by atoms with van der Waals surface area (Å²) in [5.41, 5.74) is 1.03. The molecule has 0 radical (unpaired) electrons. The van der Waals surface area contributed by atoms with Crippen LogP contribution in [0.1, 0.15) is 18.4 Å². The molecule has 0 atom stereocenters. The number of thiazole rings is 1. The van der Waals surface area contributed by atoms with Gasteiger partial charge in [0.05, 0.1) is 28.3 Å². The lowest BCUT2D eigenvalue weighted by Crippen LogP contribution is -2.17. The highest BCUT2D eigenvalue weighted by atomic mass is 32.2. The molecule has 1 aromatic heterocycles. The molecule has 0 saturated heterocycles. The first kappa shape index (κ1) is 21.0. The highest BCUT2D eigenvalue weighted by Gasteiger charge is 2.14. The second-order valence-corrected chi connectivity index (χ2v) is 9.64. The molecular formula is C21H19FN2O3S2. The largest absolute Gasteiger partial charge is 0.302 e. The van der Waals surface area contributed by atoms with Crippen LogP contribution < -0.4 is 4.80 Å². The van der Waals surface area contributed by atoms with E-state index in [1.54, 1.807) is 36.4 Å². The Morgan fingerprint density at radius 2 is 1.93 bits per heavy atom. The van der Waals surface area contributed by atoms with Crippen LogP contribution in [0.5, 0.6) is 0 Å². The number of carbonyl (C=O) groups excluding carboxylic acids is 1. The van der Waals surface area contributed by atoms with Gasteiger partial charge >= 0.3 is 0 Å². The van der Waals surface area contributed by atoms with Gasteiger partial charge in [-0.3, -0.25) is 4.79 Å². The van der Waals surface area contributed by atoms with Crippen LogP contribution in [0.2, 0.25) is 0 Å². The first-order valence-corrected chi connectivity index (χ1v) is 11.6. The molecule has 1 heterocycles. The summed E-state index contributed by atoms with van der Waals surface area (Å²) in [7, 11) is -3.32. The molecule has 0 fully saturated rings. The Morgan fingerprint density at radius 3 is 2.66 bits per heavy atom. The molecule has 8 heteroatoms. The number of benzene rings is 2. The molecule has 0 saturated carbocycles. The summed E-state index contributed by atoms with van der Waals surface area (Å²) in [6.07, 6.45) is 5.53. The first-order chi connectivity index (χ1) is 13.9. The zero-order chi connectivity index (χ0) is 20.9. The lowest BCUT2D eigenvalue weighted by molar-refractivity contribution is -0.118. The second-order valence-electron chi connectivity index (χ2n) is 6.45. The molecule has 29 heavy (non-hydrogen) atoms. The van der Waals surface area contributed by atoms with Gasteiger partial charge in [0.15, 0.2) is 14.6 Å². The maximum atomic E-state index is 14.2. The highest BCUT2D eigenvalue weighted by molar-refractivity contribution is 7.90. The summed E-state index contributed by atoms with van der Waals surface area (Å²) < 4.78 is 40.7. The van der Waals surface area contributed by atoms with Crippen molar-refractivity contribution in [1.82, 2.24) is 4.57 Å². The number of para-hydroxylation sites is 1. The van der Waals surface area contributed by atoms with Crippen molar-refractivity contribution in [3.63, 3.8) is 0 Å². The van der Waals surface area contributed by atoms with Crippen LogP contribution in [0.4, 0.5) is 4.39 Å². The topological polar surface area (TPSA) is 68.5 Å². The molecular weight excluding hydrogens is 411 g/mol. The van der Waals surface area contributed by atoms with Crippen LogP contribution in [-0.4, -0.2) is 24.6 Å². The summed E-state index contributed by atoms with van der Waals surface area (Å²) in [4.78, 5) is 16.6. The normalized spacial score (nSPS) is 12.2. The lowest BCUT2D eigenvalue weighted by Gasteiger charge is -2.03. The van der Waals surface area contributed by atoms with Crippen LogP contribution in [0.25, 0.3) is 10.2 Å². The van der Waals surface area contributed by atoms with Gasteiger partial charge in [-0.25, -0.2) is 12.8 Å². The third-order valence-electron chi connectivity index (χ3n) is 4.20. The van der Waals surface area contributed by atoms with Crippen LogP contribution in [0.15, 0.2) is 53.5 Å². The van der Waals surface area contributed by atoms with Crippen LogP contribution in [0, 0.1) is 18.2 Å². The number of hydrogen-bond donors (Lipinski definition) is 0. The summed E-state index contributed by atoms with van der Waals surface area (Å²) in [6, 6.07) is 13.5. The van der Waals surface area contributed by atoms with Crippen molar-refractivity contribution in [3.05, 3.63) is 64.7 Å². The van der Waals surface area contributed by atoms with Crippen LogP contribution >= 0.6 is 11.3 Å². The molecule has 0 spiro atoms. The number of rotatable bonds is 7. The fourth-order valence-electron chi connectivity index (χ4n) is 2.92. The van der Waals surface area contributed by atoms with Crippen LogP contribution in [-0.2, 0) is 26.9 Å². The van der Waals surface area contributed by atoms with E-state index >= 15 is 0 Å². The number of halogens is 1. The van der Waals surface area contributed by atoms with Gasteiger partial charge in [0.2, 0.25) is 5.91 Å². The van der Waals surface area contributed by atoms with Gasteiger partial charge in [0.25, 0.3) is 0 Å². The van der Waals surface area contributed by atoms with E-state index in [4.69, 9.17) is 6.42 Å². The Balaban J connectivity index is 1.70. The molecule has 0 aliphatic rings. The molecule has 0 N–H and O–H groups in total. The lowest BCUT2D eigenvalue weighted by atomic mass is 10.2. The molecule has 2 aromatic carbocycles. The minimum atomic E-state index is -3.32. The Hall–Kier alpha value is -2.76. The van der Waals surface area contributed by atoms with Gasteiger partial charge < -0.3 is 4.57 Å². The molecule has 150 valence electrons. The zero-order valence-electron chi connectivity index (χ0n) is 15.5. The van der Waals surface area contributed by atoms with Crippen molar-refractivity contribution in [1.29, 1.82) is 0 Å². The smallest absolute Gasteiger partial charge is 0.248 e. The van der Waals surface area contributed by atoms with Gasteiger partial charge in [-0.05, 0) is 24.1 Å². The van der Waals surface area contributed by atoms with Crippen molar-refractivity contribution in [2.24, 2.45) is 4.99 Å². The summed E-state index contributed by atoms with van der Waals surface area (Å²) in [6.45, 7) is 0.0818. The van der Waals surface area contributed by atoms with Crippen molar-refractivity contribution in [3.8, 4) is 12.3 Å². The SMILES string of the molecule is C#CCn1c(=NC(=O)CCCS(=O)(=O)Cc2ccccc2)sc2cccc(F)c21. The summed E-state index contributed by atoms with van der Waals surface area (Å²) in [5.74, 6) is 1.38. The van der Waals surface area contributed by atoms with Crippen molar-refractivity contribution in [2.45, 2.75) is 25.1 Å². The average molecular weight is 431 g/mol. The molecule has 1 amide bonds. The quantitative estimate of drug-likeness (QED) is 0.540. The highest BCUT2D eigenvalue weighted by Crippen LogP contribution is 2.20. The molecule has 0 aliphatic carbocycles.